The summed E-state index contributed by atoms with van der Waals surface area (Å²) in [5, 5.41) is 0. The highest BCUT2D eigenvalue weighted by Crippen LogP contribution is 2.38. The average Bonchev–Trinajstić information content (AvgIpc) is 3.27. The zero-order valence-electron chi connectivity index (χ0n) is 12.8. The molecule has 3 heteroatoms. The molecule has 1 aliphatic rings. The molecule has 1 aromatic heterocycles. The summed E-state index contributed by atoms with van der Waals surface area (Å²) in [6.07, 6.45) is 1.75. The molecule has 0 bridgehead atoms. The minimum atomic E-state index is -0.0495. The van der Waals surface area contributed by atoms with Crippen LogP contribution in [0.4, 0.5) is 0 Å². The van der Waals surface area contributed by atoms with E-state index in [9.17, 15) is 0 Å². The van der Waals surface area contributed by atoms with Gasteiger partial charge in [-0.3, -0.25) is 4.90 Å². The molecule has 2 aromatic carbocycles. The molecule has 23 heavy (non-hydrogen) atoms. The van der Waals surface area contributed by atoms with E-state index in [1.165, 1.54) is 11.1 Å². The van der Waals surface area contributed by atoms with Gasteiger partial charge in [0.1, 0.15) is 12.0 Å². The number of hydrogen-bond acceptors (Lipinski definition) is 3. The SMILES string of the molecule is c1ccc([C@H]2O[C@@H](c3ccccc3)CN2Cc2ccco2)cc1. The minimum absolute atomic E-state index is 0.0495. The summed E-state index contributed by atoms with van der Waals surface area (Å²) >= 11 is 0. The van der Waals surface area contributed by atoms with Crippen LogP contribution in [0.5, 0.6) is 0 Å². The van der Waals surface area contributed by atoms with Crippen LogP contribution in [0.3, 0.4) is 0 Å². The van der Waals surface area contributed by atoms with Crippen LogP contribution in [-0.4, -0.2) is 11.4 Å². The second kappa shape index (κ2) is 6.41. The Morgan fingerprint density at radius 2 is 1.52 bits per heavy atom. The summed E-state index contributed by atoms with van der Waals surface area (Å²) in [4.78, 5) is 2.33. The molecule has 3 nitrogen and oxygen atoms in total. The summed E-state index contributed by atoms with van der Waals surface area (Å²) < 4.78 is 11.9. The first-order valence-corrected chi connectivity index (χ1v) is 7.92. The quantitative estimate of drug-likeness (QED) is 0.707. The van der Waals surface area contributed by atoms with Crippen molar-refractivity contribution in [2.45, 2.75) is 18.9 Å². The molecule has 3 aromatic rings. The number of ether oxygens (including phenoxy) is 1. The zero-order valence-corrected chi connectivity index (χ0v) is 12.8. The van der Waals surface area contributed by atoms with Gasteiger partial charge in [0, 0.05) is 6.54 Å². The smallest absolute Gasteiger partial charge is 0.138 e. The fraction of sp³-hybridized carbons (Fsp3) is 0.200. The number of hydrogen-bond donors (Lipinski definition) is 0. The largest absolute Gasteiger partial charge is 0.468 e. The van der Waals surface area contributed by atoms with Gasteiger partial charge in [-0.15, -0.1) is 0 Å². The molecule has 0 aliphatic carbocycles. The molecular weight excluding hydrogens is 286 g/mol. The first kappa shape index (κ1) is 14.2. The van der Waals surface area contributed by atoms with Crippen molar-refractivity contribution in [3.63, 3.8) is 0 Å². The second-order valence-electron chi connectivity index (χ2n) is 5.81. The summed E-state index contributed by atoms with van der Waals surface area (Å²) in [6.45, 7) is 1.60. The number of benzene rings is 2. The van der Waals surface area contributed by atoms with E-state index in [1.54, 1.807) is 6.26 Å². The molecule has 0 spiro atoms. The molecule has 0 unspecified atom stereocenters. The maximum absolute atomic E-state index is 6.38. The third-order valence-electron chi connectivity index (χ3n) is 4.22. The highest BCUT2D eigenvalue weighted by atomic mass is 16.5. The molecule has 0 saturated carbocycles. The molecule has 2 atom stereocenters. The number of rotatable bonds is 4. The van der Waals surface area contributed by atoms with Gasteiger partial charge in [-0.25, -0.2) is 0 Å². The van der Waals surface area contributed by atoms with Gasteiger partial charge < -0.3 is 9.15 Å². The maximum atomic E-state index is 6.38. The number of furan rings is 1. The van der Waals surface area contributed by atoms with Crippen LogP contribution >= 0.6 is 0 Å². The highest BCUT2D eigenvalue weighted by molar-refractivity contribution is 5.22. The number of nitrogens with zero attached hydrogens (tertiary/aromatic N) is 1. The molecule has 4 rings (SSSR count). The third-order valence-corrected chi connectivity index (χ3v) is 4.22. The monoisotopic (exact) mass is 305 g/mol. The highest BCUT2D eigenvalue weighted by Gasteiger charge is 2.35. The Hall–Kier alpha value is -2.36. The Kier molecular flexibility index (Phi) is 3.97. The van der Waals surface area contributed by atoms with Gasteiger partial charge in [-0.1, -0.05) is 60.7 Å². The molecule has 0 N–H and O–H groups in total. The van der Waals surface area contributed by atoms with Crippen LogP contribution in [0.25, 0.3) is 0 Å². The first-order chi connectivity index (χ1) is 11.4. The standard InChI is InChI=1S/C20H19NO2/c1-3-8-16(9-4-1)19-15-21(14-18-12-7-13-22-18)20(23-19)17-10-5-2-6-11-17/h1-13,19-20H,14-15H2/t19-,20-/m1/s1. The second-order valence-corrected chi connectivity index (χ2v) is 5.81. The lowest BCUT2D eigenvalue weighted by Crippen LogP contribution is -2.23. The molecule has 0 radical (unpaired) electrons. The molecule has 1 saturated heterocycles. The molecule has 116 valence electrons. The van der Waals surface area contributed by atoms with Gasteiger partial charge in [-0.2, -0.15) is 0 Å². The van der Waals surface area contributed by atoms with Crippen molar-refractivity contribution < 1.29 is 9.15 Å². The normalized spacial score (nSPS) is 21.6. The van der Waals surface area contributed by atoms with E-state index in [4.69, 9.17) is 9.15 Å². The Labute approximate surface area is 136 Å². The van der Waals surface area contributed by atoms with Gasteiger partial charge in [-0.05, 0) is 23.3 Å². The van der Waals surface area contributed by atoms with E-state index in [-0.39, 0.29) is 12.3 Å². The summed E-state index contributed by atoms with van der Waals surface area (Å²) in [7, 11) is 0. The first-order valence-electron chi connectivity index (χ1n) is 7.92. The fourth-order valence-electron chi connectivity index (χ4n) is 3.10. The Morgan fingerprint density at radius 1 is 0.826 bits per heavy atom. The van der Waals surface area contributed by atoms with Crippen molar-refractivity contribution in [1.82, 2.24) is 4.90 Å². The molecule has 0 amide bonds. The van der Waals surface area contributed by atoms with E-state index < -0.39 is 0 Å². The van der Waals surface area contributed by atoms with Gasteiger partial charge in [0.2, 0.25) is 0 Å². The fourth-order valence-corrected chi connectivity index (χ4v) is 3.10. The lowest BCUT2D eigenvalue weighted by molar-refractivity contribution is -0.00681. The van der Waals surface area contributed by atoms with Crippen LogP contribution < -0.4 is 0 Å². The van der Waals surface area contributed by atoms with Gasteiger partial charge in [0.05, 0.1) is 18.9 Å². The van der Waals surface area contributed by atoms with E-state index in [0.29, 0.717) is 0 Å². The van der Waals surface area contributed by atoms with Crippen molar-refractivity contribution in [1.29, 1.82) is 0 Å². The van der Waals surface area contributed by atoms with E-state index in [2.05, 4.69) is 53.4 Å². The van der Waals surface area contributed by atoms with Crippen molar-refractivity contribution >= 4 is 0 Å². The van der Waals surface area contributed by atoms with Crippen LogP contribution in [-0.2, 0) is 11.3 Å². The van der Waals surface area contributed by atoms with Crippen molar-refractivity contribution in [3.05, 3.63) is 95.9 Å². The van der Waals surface area contributed by atoms with Gasteiger partial charge in [0.15, 0.2) is 0 Å². The van der Waals surface area contributed by atoms with E-state index >= 15 is 0 Å². The van der Waals surface area contributed by atoms with Crippen LogP contribution in [0.2, 0.25) is 0 Å². The van der Waals surface area contributed by atoms with Crippen LogP contribution in [0, 0.1) is 0 Å². The molecular formula is C20H19NO2. The zero-order chi connectivity index (χ0) is 15.5. The van der Waals surface area contributed by atoms with Crippen molar-refractivity contribution in [3.8, 4) is 0 Å². The predicted molar refractivity (Wildman–Crippen MR) is 88.6 cm³/mol. The Balaban J connectivity index is 1.61. The summed E-state index contributed by atoms with van der Waals surface area (Å²) in [5.74, 6) is 0.961. The maximum Gasteiger partial charge on any atom is 0.138 e. The summed E-state index contributed by atoms with van der Waals surface area (Å²) in [6, 6.07) is 24.7. The van der Waals surface area contributed by atoms with Crippen molar-refractivity contribution in [2.24, 2.45) is 0 Å². The van der Waals surface area contributed by atoms with Crippen LogP contribution in [0.1, 0.15) is 29.2 Å². The molecule has 1 aliphatic heterocycles. The Bertz CT molecular complexity index is 725. The van der Waals surface area contributed by atoms with E-state index in [0.717, 1.165) is 18.8 Å². The lowest BCUT2D eigenvalue weighted by atomic mass is 10.1. The van der Waals surface area contributed by atoms with Gasteiger partial charge >= 0.3 is 0 Å². The third kappa shape index (κ3) is 3.07. The minimum Gasteiger partial charge on any atom is -0.468 e. The Morgan fingerprint density at radius 3 is 2.17 bits per heavy atom. The van der Waals surface area contributed by atoms with Crippen LogP contribution in [0.15, 0.2) is 83.5 Å². The van der Waals surface area contributed by atoms with E-state index in [1.807, 2.05) is 24.3 Å². The van der Waals surface area contributed by atoms with Gasteiger partial charge in [0.25, 0.3) is 0 Å². The lowest BCUT2D eigenvalue weighted by Gasteiger charge is -2.21. The molecule has 2 heterocycles. The average molecular weight is 305 g/mol. The molecule has 1 fully saturated rings. The topological polar surface area (TPSA) is 25.6 Å². The summed E-state index contributed by atoms with van der Waals surface area (Å²) in [5.41, 5.74) is 2.40. The van der Waals surface area contributed by atoms with Crippen molar-refractivity contribution in [2.75, 3.05) is 6.54 Å². The predicted octanol–water partition coefficient (Wildman–Crippen LogP) is 4.55.